The number of hydrogen-bond acceptors (Lipinski definition) is 3. The van der Waals surface area contributed by atoms with Crippen LogP contribution in [-0.4, -0.2) is 11.5 Å². The maximum atomic E-state index is 8.78. The van der Waals surface area contributed by atoms with E-state index in [9.17, 15) is 0 Å². The van der Waals surface area contributed by atoms with Gasteiger partial charge in [-0.05, 0) is 30.7 Å². The summed E-state index contributed by atoms with van der Waals surface area (Å²) in [6, 6.07) is 5.88. The highest BCUT2D eigenvalue weighted by molar-refractivity contribution is 5.25. The van der Waals surface area contributed by atoms with E-state index in [1.54, 1.807) is 6.20 Å². The quantitative estimate of drug-likeness (QED) is 0.615. The van der Waals surface area contributed by atoms with Crippen molar-refractivity contribution in [2.75, 3.05) is 6.54 Å². The molecule has 1 aromatic rings. The Bertz CT molecular complexity index is 395. The van der Waals surface area contributed by atoms with Gasteiger partial charge in [-0.1, -0.05) is 51.9 Å². The first-order valence-electron chi connectivity index (χ1n) is 7.92. The number of aromatic nitrogens is 1. The molecule has 0 saturated heterocycles. The second kappa shape index (κ2) is 11.4. The summed E-state index contributed by atoms with van der Waals surface area (Å²) in [4.78, 5) is 3.97. The molecule has 0 unspecified atom stereocenters. The number of nitrogens with zero attached hydrogens (tertiary/aromatic N) is 2. The highest BCUT2D eigenvalue weighted by atomic mass is 14.8. The highest BCUT2D eigenvalue weighted by Crippen LogP contribution is 2.08. The fraction of sp³-hybridized carbons (Fsp3) is 0.647. The van der Waals surface area contributed by atoms with Gasteiger partial charge in [0.05, 0.1) is 0 Å². The maximum absolute atomic E-state index is 8.78. The van der Waals surface area contributed by atoms with Gasteiger partial charge < -0.3 is 5.32 Å². The zero-order valence-corrected chi connectivity index (χ0v) is 12.7. The molecular weight excluding hydrogens is 246 g/mol. The van der Waals surface area contributed by atoms with E-state index in [2.05, 4.69) is 23.3 Å². The van der Waals surface area contributed by atoms with Gasteiger partial charge in [-0.15, -0.1) is 0 Å². The largest absolute Gasteiger partial charge is 0.313 e. The van der Waals surface area contributed by atoms with Crippen LogP contribution in [0.5, 0.6) is 0 Å². The molecule has 20 heavy (non-hydrogen) atoms. The van der Waals surface area contributed by atoms with E-state index in [1.807, 2.05) is 12.1 Å². The van der Waals surface area contributed by atoms with Crippen LogP contribution in [0.25, 0.3) is 0 Å². The standard InChI is InChI=1S/C17H27N3/c1-2-3-4-5-6-7-8-9-11-19-15-16-10-12-20-17(13-16)14-18/h10,12-13,19H,2-9,11,15H2,1H3. The van der Waals surface area contributed by atoms with E-state index in [0.29, 0.717) is 5.69 Å². The number of pyridine rings is 1. The predicted octanol–water partition coefficient (Wildman–Crippen LogP) is 4.18. The predicted molar refractivity (Wildman–Crippen MR) is 83.3 cm³/mol. The minimum Gasteiger partial charge on any atom is -0.313 e. The summed E-state index contributed by atoms with van der Waals surface area (Å²) in [5.74, 6) is 0. The summed E-state index contributed by atoms with van der Waals surface area (Å²) >= 11 is 0. The van der Waals surface area contributed by atoms with Gasteiger partial charge in [0.25, 0.3) is 0 Å². The molecule has 1 rings (SSSR count). The molecular formula is C17H27N3. The molecule has 0 spiro atoms. The van der Waals surface area contributed by atoms with Gasteiger partial charge in [-0.25, -0.2) is 4.98 Å². The number of unbranched alkanes of at least 4 members (excludes halogenated alkanes) is 7. The van der Waals surface area contributed by atoms with E-state index in [0.717, 1.165) is 18.7 Å². The van der Waals surface area contributed by atoms with E-state index in [1.165, 1.54) is 51.4 Å². The number of nitriles is 1. The van der Waals surface area contributed by atoms with Gasteiger partial charge in [-0.2, -0.15) is 5.26 Å². The fourth-order valence-electron chi connectivity index (χ4n) is 2.26. The lowest BCUT2D eigenvalue weighted by atomic mass is 10.1. The summed E-state index contributed by atoms with van der Waals surface area (Å²) in [7, 11) is 0. The van der Waals surface area contributed by atoms with Crippen LogP contribution in [-0.2, 0) is 6.54 Å². The Hall–Kier alpha value is -1.40. The molecule has 0 aliphatic rings. The highest BCUT2D eigenvalue weighted by Gasteiger charge is 1.96. The topological polar surface area (TPSA) is 48.7 Å². The SMILES string of the molecule is CCCCCCCCCCNCc1ccnc(C#N)c1. The molecule has 1 N–H and O–H groups in total. The third-order valence-electron chi connectivity index (χ3n) is 3.48. The Morgan fingerprint density at radius 3 is 2.50 bits per heavy atom. The fourth-order valence-corrected chi connectivity index (χ4v) is 2.26. The molecule has 0 saturated carbocycles. The number of rotatable bonds is 11. The third kappa shape index (κ3) is 7.91. The lowest BCUT2D eigenvalue weighted by Crippen LogP contribution is -2.14. The summed E-state index contributed by atoms with van der Waals surface area (Å²) < 4.78 is 0. The minimum absolute atomic E-state index is 0.497. The number of hydrogen-bond donors (Lipinski definition) is 1. The van der Waals surface area contributed by atoms with Gasteiger partial charge in [0, 0.05) is 12.7 Å². The number of nitrogens with one attached hydrogen (secondary N) is 1. The van der Waals surface area contributed by atoms with E-state index in [4.69, 9.17) is 5.26 Å². The van der Waals surface area contributed by atoms with Crippen LogP contribution >= 0.6 is 0 Å². The molecule has 0 fully saturated rings. The van der Waals surface area contributed by atoms with Crippen molar-refractivity contribution in [3.8, 4) is 6.07 Å². The average molecular weight is 273 g/mol. The minimum atomic E-state index is 0.497. The van der Waals surface area contributed by atoms with Crippen LogP contribution in [0.15, 0.2) is 18.3 Å². The Morgan fingerprint density at radius 2 is 1.80 bits per heavy atom. The first-order valence-corrected chi connectivity index (χ1v) is 7.92. The molecule has 0 amide bonds. The van der Waals surface area contributed by atoms with Crippen LogP contribution < -0.4 is 5.32 Å². The van der Waals surface area contributed by atoms with Gasteiger partial charge in [0.15, 0.2) is 0 Å². The molecule has 3 heteroatoms. The lowest BCUT2D eigenvalue weighted by molar-refractivity contribution is 0.555. The van der Waals surface area contributed by atoms with Crippen molar-refractivity contribution in [1.29, 1.82) is 5.26 Å². The van der Waals surface area contributed by atoms with Gasteiger partial charge >= 0.3 is 0 Å². The van der Waals surface area contributed by atoms with Crippen LogP contribution in [0.3, 0.4) is 0 Å². The van der Waals surface area contributed by atoms with Crippen LogP contribution in [0.2, 0.25) is 0 Å². The first kappa shape index (κ1) is 16.7. The Labute approximate surface area is 123 Å². The van der Waals surface area contributed by atoms with E-state index < -0.39 is 0 Å². The molecule has 0 radical (unpaired) electrons. The Balaban J connectivity index is 1.95. The van der Waals surface area contributed by atoms with Gasteiger partial charge in [0.2, 0.25) is 0 Å². The molecule has 1 aromatic heterocycles. The second-order valence-electron chi connectivity index (χ2n) is 5.31. The second-order valence-corrected chi connectivity index (χ2v) is 5.31. The van der Waals surface area contributed by atoms with E-state index >= 15 is 0 Å². The molecule has 0 aliphatic heterocycles. The van der Waals surface area contributed by atoms with Crippen molar-refractivity contribution in [3.63, 3.8) is 0 Å². The van der Waals surface area contributed by atoms with Crippen molar-refractivity contribution in [3.05, 3.63) is 29.6 Å². The maximum Gasteiger partial charge on any atom is 0.140 e. The Morgan fingerprint density at radius 1 is 1.10 bits per heavy atom. The zero-order chi connectivity index (χ0) is 14.5. The smallest absolute Gasteiger partial charge is 0.140 e. The molecule has 0 aliphatic carbocycles. The van der Waals surface area contributed by atoms with Crippen molar-refractivity contribution in [2.45, 2.75) is 64.8 Å². The first-order chi connectivity index (χ1) is 9.86. The summed E-state index contributed by atoms with van der Waals surface area (Å²) in [5, 5.41) is 12.2. The van der Waals surface area contributed by atoms with Crippen molar-refractivity contribution < 1.29 is 0 Å². The summed E-state index contributed by atoms with van der Waals surface area (Å²) in [5.41, 5.74) is 1.63. The van der Waals surface area contributed by atoms with Crippen molar-refractivity contribution in [1.82, 2.24) is 10.3 Å². The van der Waals surface area contributed by atoms with Gasteiger partial charge in [-0.3, -0.25) is 0 Å². The average Bonchev–Trinajstić information content (AvgIpc) is 2.49. The monoisotopic (exact) mass is 273 g/mol. The van der Waals surface area contributed by atoms with Crippen LogP contribution in [0, 0.1) is 11.3 Å². The van der Waals surface area contributed by atoms with Gasteiger partial charge in [0.1, 0.15) is 11.8 Å². The molecule has 0 atom stereocenters. The molecule has 0 bridgehead atoms. The van der Waals surface area contributed by atoms with Crippen LogP contribution in [0.1, 0.15) is 69.5 Å². The van der Waals surface area contributed by atoms with Crippen molar-refractivity contribution >= 4 is 0 Å². The van der Waals surface area contributed by atoms with Crippen LogP contribution in [0.4, 0.5) is 0 Å². The molecule has 0 aromatic carbocycles. The normalized spacial score (nSPS) is 10.4. The third-order valence-corrected chi connectivity index (χ3v) is 3.48. The lowest BCUT2D eigenvalue weighted by Gasteiger charge is -2.05. The molecule has 1 heterocycles. The molecule has 3 nitrogen and oxygen atoms in total. The summed E-state index contributed by atoms with van der Waals surface area (Å²) in [6.45, 7) is 4.14. The molecule has 110 valence electrons. The van der Waals surface area contributed by atoms with E-state index in [-0.39, 0.29) is 0 Å². The van der Waals surface area contributed by atoms with Crippen molar-refractivity contribution in [2.24, 2.45) is 0 Å². The summed E-state index contributed by atoms with van der Waals surface area (Å²) in [6.07, 6.45) is 12.5. The zero-order valence-electron chi connectivity index (χ0n) is 12.7. The Kier molecular flexibility index (Phi) is 9.52.